The van der Waals surface area contributed by atoms with E-state index in [2.05, 4.69) is 19.2 Å². The summed E-state index contributed by atoms with van der Waals surface area (Å²) in [4.78, 5) is 31.2. The number of fused-ring (bicyclic) bond motifs is 1. The first-order valence-electron chi connectivity index (χ1n) is 12.4. The topological polar surface area (TPSA) is 73.2 Å². The standard InChI is InChI=1S/C31H27N3O3S/c1-21(2)25-12-7-9-15-28(25)34-30(36)26-13-6-8-14-27(26)33-31(34)38-20-29(35)32-22-16-18-24(19-17-22)37-23-10-4-3-5-11-23/h3-19,21H,20H2,1-2H3,(H,32,35). The van der Waals surface area contributed by atoms with Gasteiger partial charge in [0.1, 0.15) is 11.5 Å². The Morgan fingerprint density at radius 2 is 1.53 bits per heavy atom. The van der Waals surface area contributed by atoms with E-state index in [4.69, 9.17) is 9.72 Å². The zero-order chi connectivity index (χ0) is 26.5. The molecule has 1 heterocycles. The van der Waals surface area contributed by atoms with Crippen LogP contribution < -0.4 is 15.6 Å². The first kappa shape index (κ1) is 25.3. The van der Waals surface area contributed by atoms with Gasteiger partial charge in [-0.25, -0.2) is 4.98 Å². The van der Waals surface area contributed by atoms with Gasteiger partial charge in [-0.15, -0.1) is 0 Å². The minimum absolute atomic E-state index is 0.0941. The second-order valence-electron chi connectivity index (χ2n) is 9.04. The average Bonchev–Trinajstić information content (AvgIpc) is 2.94. The molecule has 1 amide bonds. The third-order valence-corrected chi connectivity index (χ3v) is 6.93. The van der Waals surface area contributed by atoms with E-state index in [1.54, 1.807) is 34.9 Å². The van der Waals surface area contributed by atoms with Crippen LogP contribution in [-0.4, -0.2) is 21.2 Å². The number of carbonyl (C=O) groups excluding carboxylic acids is 1. The predicted octanol–water partition coefficient (Wildman–Crippen LogP) is 7.03. The van der Waals surface area contributed by atoms with Gasteiger partial charge in [0.2, 0.25) is 5.91 Å². The molecular weight excluding hydrogens is 494 g/mol. The molecule has 6 nitrogen and oxygen atoms in total. The molecular formula is C31H27N3O3S. The Labute approximate surface area is 225 Å². The second-order valence-corrected chi connectivity index (χ2v) is 9.98. The summed E-state index contributed by atoms with van der Waals surface area (Å²) in [6.45, 7) is 4.18. The van der Waals surface area contributed by atoms with Crippen LogP contribution in [0.15, 0.2) is 113 Å². The summed E-state index contributed by atoms with van der Waals surface area (Å²) >= 11 is 1.24. The summed E-state index contributed by atoms with van der Waals surface area (Å²) in [7, 11) is 0. The lowest BCUT2D eigenvalue weighted by Gasteiger charge is -2.18. The first-order chi connectivity index (χ1) is 18.5. The summed E-state index contributed by atoms with van der Waals surface area (Å²) in [6, 6.07) is 31.8. The van der Waals surface area contributed by atoms with E-state index in [-0.39, 0.29) is 23.1 Å². The lowest BCUT2D eigenvalue weighted by Crippen LogP contribution is -2.24. The Morgan fingerprint density at radius 3 is 2.29 bits per heavy atom. The summed E-state index contributed by atoms with van der Waals surface area (Å²) in [5, 5.41) is 3.93. The molecule has 0 atom stereocenters. The fourth-order valence-electron chi connectivity index (χ4n) is 4.16. The van der Waals surface area contributed by atoms with Gasteiger partial charge >= 0.3 is 0 Å². The average molecular weight is 522 g/mol. The number of amides is 1. The Balaban J connectivity index is 1.36. The van der Waals surface area contributed by atoms with Gasteiger partial charge in [0, 0.05) is 5.69 Å². The maximum absolute atomic E-state index is 13.6. The monoisotopic (exact) mass is 521 g/mol. The van der Waals surface area contributed by atoms with Crippen molar-refractivity contribution in [1.29, 1.82) is 0 Å². The van der Waals surface area contributed by atoms with Crippen molar-refractivity contribution < 1.29 is 9.53 Å². The summed E-state index contributed by atoms with van der Waals surface area (Å²) in [6.07, 6.45) is 0. The number of thioether (sulfide) groups is 1. The van der Waals surface area contributed by atoms with Crippen LogP contribution in [0.4, 0.5) is 5.69 Å². The van der Waals surface area contributed by atoms with E-state index in [1.165, 1.54) is 11.8 Å². The van der Waals surface area contributed by atoms with Crippen LogP contribution in [-0.2, 0) is 4.79 Å². The number of benzene rings is 4. The lowest BCUT2D eigenvalue weighted by molar-refractivity contribution is -0.113. The van der Waals surface area contributed by atoms with Crippen molar-refractivity contribution in [2.24, 2.45) is 0 Å². The molecule has 1 N–H and O–H groups in total. The van der Waals surface area contributed by atoms with Crippen molar-refractivity contribution in [2.75, 3.05) is 11.1 Å². The molecule has 5 rings (SSSR count). The quantitative estimate of drug-likeness (QED) is 0.175. The number of nitrogens with zero attached hydrogens (tertiary/aromatic N) is 2. The number of nitrogens with one attached hydrogen (secondary N) is 1. The van der Waals surface area contributed by atoms with Crippen LogP contribution in [0.3, 0.4) is 0 Å². The molecule has 0 fully saturated rings. The van der Waals surface area contributed by atoms with Crippen LogP contribution in [0.1, 0.15) is 25.3 Å². The van der Waals surface area contributed by atoms with Gasteiger partial charge in [-0.2, -0.15) is 0 Å². The van der Waals surface area contributed by atoms with E-state index in [0.29, 0.717) is 27.5 Å². The third kappa shape index (κ3) is 5.63. The molecule has 190 valence electrons. The zero-order valence-corrected chi connectivity index (χ0v) is 21.9. The Hall–Kier alpha value is -4.36. The summed E-state index contributed by atoms with van der Waals surface area (Å²) in [5.41, 5.74) is 2.93. The molecule has 0 saturated carbocycles. The fraction of sp³-hybridized carbons (Fsp3) is 0.129. The number of aromatic nitrogens is 2. The smallest absolute Gasteiger partial charge is 0.266 e. The van der Waals surface area contributed by atoms with Crippen LogP contribution in [0.2, 0.25) is 0 Å². The number of carbonyl (C=O) groups is 1. The van der Waals surface area contributed by atoms with E-state index in [1.807, 2.05) is 72.8 Å². The van der Waals surface area contributed by atoms with Gasteiger partial charge in [-0.1, -0.05) is 74.1 Å². The molecule has 7 heteroatoms. The Kier molecular flexibility index (Phi) is 7.56. The van der Waals surface area contributed by atoms with Gasteiger partial charge < -0.3 is 10.1 Å². The Bertz CT molecular complexity index is 1630. The van der Waals surface area contributed by atoms with Crippen molar-refractivity contribution in [3.8, 4) is 17.2 Å². The molecule has 1 aromatic heterocycles. The van der Waals surface area contributed by atoms with Gasteiger partial charge in [-0.05, 0) is 66.1 Å². The van der Waals surface area contributed by atoms with E-state index in [9.17, 15) is 9.59 Å². The van der Waals surface area contributed by atoms with Crippen molar-refractivity contribution >= 4 is 34.3 Å². The van der Waals surface area contributed by atoms with Crippen molar-refractivity contribution in [3.05, 3.63) is 119 Å². The normalized spacial score (nSPS) is 11.0. The number of hydrogen-bond donors (Lipinski definition) is 1. The van der Waals surface area contributed by atoms with E-state index < -0.39 is 0 Å². The molecule has 0 spiro atoms. The van der Waals surface area contributed by atoms with Gasteiger partial charge in [0.15, 0.2) is 5.16 Å². The molecule has 0 aliphatic heterocycles. The van der Waals surface area contributed by atoms with Gasteiger partial charge in [0.05, 0.1) is 22.3 Å². The Morgan fingerprint density at radius 1 is 0.868 bits per heavy atom. The number of hydrogen-bond acceptors (Lipinski definition) is 5. The number of para-hydroxylation sites is 3. The lowest BCUT2D eigenvalue weighted by atomic mass is 10.0. The van der Waals surface area contributed by atoms with Crippen molar-refractivity contribution in [1.82, 2.24) is 9.55 Å². The van der Waals surface area contributed by atoms with Gasteiger partial charge in [0.25, 0.3) is 5.56 Å². The molecule has 0 saturated heterocycles. The highest BCUT2D eigenvalue weighted by Crippen LogP contribution is 2.27. The summed E-state index contributed by atoms with van der Waals surface area (Å²) in [5.74, 6) is 1.53. The minimum Gasteiger partial charge on any atom is -0.457 e. The maximum atomic E-state index is 13.6. The molecule has 0 unspecified atom stereocenters. The van der Waals surface area contributed by atoms with Crippen LogP contribution in [0.5, 0.6) is 11.5 Å². The molecule has 4 aromatic carbocycles. The largest absolute Gasteiger partial charge is 0.457 e. The van der Waals surface area contributed by atoms with Crippen LogP contribution >= 0.6 is 11.8 Å². The highest BCUT2D eigenvalue weighted by atomic mass is 32.2. The number of ether oxygens (including phenoxy) is 1. The fourth-order valence-corrected chi connectivity index (χ4v) is 4.96. The van der Waals surface area contributed by atoms with E-state index >= 15 is 0 Å². The van der Waals surface area contributed by atoms with Crippen LogP contribution in [0.25, 0.3) is 16.6 Å². The highest BCUT2D eigenvalue weighted by molar-refractivity contribution is 7.99. The molecule has 5 aromatic rings. The number of rotatable bonds is 8. The van der Waals surface area contributed by atoms with E-state index in [0.717, 1.165) is 17.0 Å². The number of anilines is 1. The third-order valence-electron chi connectivity index (χ3n) is 5.99. The maximum Gasteiger partial charge on any atom is 0.266 e. The molecule has 38 heavy (non-hydrogen) atoms. The van der Waals surface area contributed by atoms with Gasteiger partial charge in [-0.3, -0.25) is 14.2 Å². The zero-order valence-electron chi connectivity index (χ0n) is 21.1. The SMILES string of the molecule is CC(C)c1ccccc1-n1c(SCC(=O)Nc2ccc(Oc3ccccc3)cc2)nc2ccccc2c1=O. The molecule has 0 radical (unpaired) electrons. The van der Waals surface area contributed by atoms with Crippen molar-refractivity contribution in [3.63, 3.8) is 0 Å². The summed E-state index contributed by atoms with van der Waals surface area (Å²) < 4.78 is 7.44. The molecule has 0 aliphatic rings. The van der Waals surface area contributed by atoms with Crippen LogP contribution in [0, 0.1) is 0 Å². The molecule has 0 bridgehead atoms. The minimum atomic E-state index is -0.196. The van der Waals surface area contributed by atoms with Crippen molar-refractivity contribution in [2.45, 2.75) is 24.9 Å². The first-order valence-corrected chi connectivity index (χ1v) is 13.3. The second kappa shape index (κ2) is 11.4. The predicted molar refractivity (Wildman–Crippen MR) is 154 cm³/mol. The highest BCUT2D eigenvalue weighted by Gasteiger charge is 2.18. The molecule has 0 aliphatic carbocycles.